The SMILES string of the molecule is CCC(C)(C)C(Cl)c1ccc2c(c1)C(C)(C)C(=O)N2. The summed E-state index contributed by atoms with van der Waals surface area (Å²) >= 11 is 6.62. The van der Waals surface area contributed by atoms with E-state index in [2.05, 4.69) is 32.2 Å². The summed E-state index contributed by atoms with van der Waals surface area (Å²) in [5.41, 5.74) is 2.62. The molecule has 1 atom stereocenters. The predicted octanol–water partition coefficient (Wildman–Crippen LogP) is 4.63. The Morgan fingerprint density at radius 2 is 2.00 bits per heavy atom. The van der Waals surface area contributed by atoms with E-state index in [1.165, 1.54) is 0 Å². The second kappa shape index (κ2) is 4.52. The van der Waals surface area contributed by atoms with Gasteiger partial charge in [0.15, 0.2) is 0 Å². The number of hydrogen-bond donors (Lipinski definition) is 1. The molecule has 0 saturated heterocycles. The third kappa shape index (κ3) is 2.27. The number of fused-ring (bicyclic) bond motifs is 1. The van der Waals surface area contributed by atoms with E-state index in [1.807, 2.05) is 26.0 Å². The number of benzene rings is 1. The molecule has 2 nitrogen and oxygen atoms in total. The molecular weight excluding hydrogens is 258 g/mol. The topological polar surface area (TPSA) is 29.1 Å². The average molecular weight is 280 g/mol. The van der Waals surface area contributed by atoms with E-state index in [4.69, 9.17) is 11.6 Å². The first kappa shape index (κ1) is 14.4. The quantitative estimate of drug-likeness (QED) is 0.803. The van der Waals surface area contributed by atoms with E-state index in [1.54, 1.807) is 0 Å². The zero-order chi connectivity index (χ0) is 14.4. The van der Waals surface area contributed by atoms with Crippen LogP contribution in [0.5, 0.6) is 0 Å². The smallest absolute Gasteiger partial charge is 0.234 e. The highest BCUT2D eigenvalue weighted by Gasteiger charge is 2.39. The van der Waals surface area contributed by atoms with Crippen molar-refractivity contribution in [2.75, 3.05) is 5.32 Å². The molecule has 0 aliphatic carbocycles. The number of anilines is 1. The van der Waals surface area contributed by atoms with Crippen molar-refractivity contribution >= 4 is 23.2 Å². The minimum atomic E-state index is -0.474. The lowest BCUT2D eigenvalue weighted by molar-refractivity contribution is -0.119. The van der Waals surface area contributed by atoms with Crippen LogP contribution in [0, 0.1) is 5.41 Å². The fourth-order valence-corrected chi connectivity index (χ4v) is 2.67. The summed E-state index contributed by atoms with van der Waals surface area (Å²) in [6, 6.07) is 6.08. The summed E-state index contributed by atoms with van der Waals surface area (Å²) in [6.07, 6.45) is 1.01. The van der Waals surface area contributed by atoms with Gasteiger partial charge in [-0.1, -0.05) is 32.9 Å². The molecule has 3 heteroatoms. The minimum absolute atomic E-state index is 0.0377. The van der Waals surface area contributed by atoms with Crippen molar-refractivity contribution in [2.45, 2.75) is 51.8 Å². The molecule has 0 aromatic heterocycles. The molecule has 1 aromatic carbocycles. The van der Waals surface area contributed by atoms with E-state index < -0.39 is 5.41 Å². The van der Waals surface area contributed by atoms with Gasteiger partial charge in [0.2, 0.25) is 5.91 Å². The van der Waals surface area contributed by atoms with Crippen molar-refractivity contribution in [1.29, 1.82) is 0 Å². The van der Waals surface area contributed by atoms with Crippen LogP contribution in [0.1, 0.15) is 57.5 Å². The van der Waals surface area contributed by atoms with Gasteiger partial charge in [-0.2, -0.15) is 0 Å². The van der Waals surface area contributed by atoms with Crippen molar-refractivity contribution in [3.8, 4) is 0 Å². The van der Waals surface area contributed by atoms with Crippen molar-refractivity contribution in [1.82, 2.24) is 0 Å². The Hall–Kier alpha value is -1.02. The molecule has 2 rings (SSSR count). The van der Waals surface area contributed by atoms with Crippen molar-refractivity contribution < 1.29 is 4.79 Å². The molecule has 1 heterocycles. The maximum atomic E-state index is 11.9. The zero-order valence-corrected chi connectivity index (χ0v) is 13.1. The number of carbonyl (C=O) groups excluding carboxylic acids is 1. The molecular formula is C16H22ClNO. The fraction of sp³-hybridized carbons (Fsp3) is 0.562. The summed E-state index contributed by atoms with van der Waals surface area (Å²) in [6.45, 7) is 10.4. The number of hydrogen-bond acceptors (Lipinski definition) is 1. The lowest BCUT2D eigenvalue weighted by Gasteiger charge is -2.29. The Bertz CT molecular complexity index is 519. The van der Waals surface area contributed by atoms with Gasteiger partial charge in [-0.15, -0.1) is 11.6 Å². The van der Waals surface area contributed by atoms with Crippen LogP contribution in [-0.4, -0.2) is 5.91 Å². The van der Waals surface area contributed by atoms with Crippen LogP contribution >= 0.6 is 11.6 Å². The number of rotatable bonds is 3. The van der Waals surface area contributed by atoms with E-state index in [0.29, 0.717) is 0 Å². The molecule has 0 fully saturated rings. The van der Waals surface area contributed by atoms with Gasteiger partial charge in [0.25, 0.3) is 0 Å². The molecule has 19 heavy (non-hydrogen) atoms. The highest BCUT2D eigenvalue weighted by Crippen LogP contribution is 2.45. The largest absolute Gasteiger partial charge is 0.325 e. The normalized spacial score (nSPS) is 18.9. The second-order valence-corrected chi connectivity index (χ2v) is 7.03. The van der Waals surface area contributed by atoms with E-state index in [-0.39, 0.29) is 16.7 Å². The molecule has 0 saturated carbocycles. The monoisotopic (exact) mass is 279 g/mol. The molecule has 1 aromatic rings. The molecule has 1 unspecified atom stereocenters. The minimum Gasteiger partial charge on any atom is -0.325 e. The number of amides is 1. The van der Waals surface area contributed by atoms with E-state index >= 15 is 0 Å². The van der Waals surface area contributed by atoms with E-state index in [0.717, 1.165) is 23.2 Å². The summed E-state index contributed by atoms with van der Waals surface area (Å²) in [5.74, 6) is 0.0560. The Morgan fingerprint density at radius 3 is 2.58 bits per heavy atom. The van der Waals surface area contributed by atoms with Crippen LogP contribution in [0.25, 0.3) is 0 Å². The summed E-state index contributed by atoms with van der Waals surface area (Å²) in [4.78, 5) is 11.9. The highest BCUT2D eigenvalue weighted by atomic mass is 35.5. The summed E-state index contributed by atoms with van der Waals surface area (Å²) < 4.78 is 0. The Morgan fingerprint density at radius 1 is 1.37 bits per heavy atom. The van der Waals surface area contributed by atoms with Gasteiger partial charge < -0.3 is 5.32 Å². The number of carbonyl (C=O) groups is 1. The van der Waals surface area contributed by atoms with Crippen LogP contribution in [0.15, 0.2) is 18.2 Å². The first-order valence-corrected chi connectivity index (χ1v) is 7.23. The lowest BCUT2D eigenvalue weighted by Crippen LogP contribution is -2.27. The van der Waals surface area contributed by atoms with Gasteiger partial charge in [-0.3, -0.25) is 4.79 Å². The van der Waals surface area contributed by atoms with E-state index in [9.17, 15) is 4.79 Å². The lowest BCUT2D eigenvalue weighted by atomic mass is 9.80. The average Bonchev–Trinajstić information content (AvgIpc) is 2.59. The first-order valence-electron chi connectivity index (χ1n) is 6.80. The van der Waals surface area contributed by atoms with Gasteiger partial charge in [0.05, 0.1) is 10.8 Å². The van der Waals surface area contributed by atoms with Crippen LogP contribution in [0.2, 0.25) is 0 Å². The van der Waals surface area contributed by atoms with Crippen molar-refractivity contribution in [3.63, 3.8) is 0 Å². The third-order valence-electron chi connectivity index (χ3n) is 4.42. The summed E-state index contributed by atoms with van der Waals surface area (Å²) in [5, 5.41) is 2.88. The number of alkyl halides is 1. The molecule has 104 valence electrons. The second-order valence-electron chi connectivity index (χ2n) is 6.59. The van der Waals surface area contributed by atoms with Crippen molar-refractivity contribution in [3.05, 3.63) is 29.3 Å². The Balaban J connectivity index is 2.44. The molecule has 1 N–H and O–H groups in total. The number of nitrogens with one attached hydrogen (secondary N) is 1. The van der Waals surface area contributed by atoms with Gasteiger partial charge >= 0.3 is 0 Å². The van der Waals surface area contributed by atoms with Gasteiger partial charge in [0, 0.05) is 5.69 Å². The molecule has 0 bridgehead atoms. The Labute approximate surface area is 120 Å². The molecule has 1 aliphatic rings. The van der Waals surface area contributed by atoms with Crippen molar-refractivity contribution in [2.24, 2.45) is 5.41 Å². The molecule has 1 aliphatic heterocycles. The van der Waals surface area contributed by atoms with Crippen LogP contribution < -0.4 is 5.32 Å². The first-order chi connectivity index (χ1) is 8.70. The highest BCUT2D eigenvalue weighted by molar-refractivity contribution is 6.21. The van der Waals surface area contributed by atoms with Gasteiger partial charge in [0.1, 0.15) is 0 Å². The van der Waals surface area contributed by atoms with Crippen LogP contribution in [-0.2, 0) is 10.2 Å². The third-order valence-corrected chi connectivity index (χ3v) is 5.27. The molecule has 1 amide bonds. The predicted molar refractivity (Wildman–Crippen MR) is 80.8 cm³/mol. The number of halogens is 1. The maximum Gasteiger partial charge on any atom is 0.234 e. The fourth-order valence-electron chi connectivity index (χ4n) is 2.38. The van der Waals surface area contributed by atoms with Gasteiger partial charge in [-0.05, 0) is 42.9 Å². The molecule has 0 spiro atoms. The van der Waals surface area contributed by atoms with Crippen LogP contribution in [0.3, 0.4) is 0 Å². The molecule has 0 radical (unpaired) electrons. The maximum absolute atomic E-state index is 11.9. The van der Waals surface area contributed by atoms with Crippen LogP contribution in [0.4, 0.5) is 5.69 Å². The zero-order valence-electron chi connectivity index (χ0n) is 12.3. The standard InChI is InChI=1S/C16H22ClNO/c1-6-15(2,3)13(17)10-7-8-12-11(9-10)16(4,5)14(19)18-12/h7-9,13H,6H2,1-5H3,(H,18,19). The Kier molecular flexibility index (Phi) is 3.42. The van der Waals surface area contributed by atoms with Gasteiger partial charge in [-0.25, -0.2) is 0 Å². The summed E-state index contributed by atoms with van der Waals surface area (Å²) in [7, 11) is 0.